The molecule has 0 spiro atoms. The molecular weight excluding hydrogens is 420 g/mol. The summed E-state index contributed by atoms with van der Waals surface area (Å²) >= 11 is 0. The second-order valence-corrected chi connectivity index (χ2v) is 7.73. The Morgan fingerprint density at radius 3 is 2.18 bits per heavy atom. The van der Waals surface area contributed by atoms with Crippen molar-refractivity contribution in [3.05, 3.63) is 89.4 Å². The topological polar surface area (TPSA) is 105 Å². The highest BCUT2D eigenvalue weighted by Crippen LogP contribution is 2.31. The summed E-state index contributed by atoms with van der Waals surface area (Å²) in [4.78, 5) is 43.5. The number of benzene rings is 2. The molecule has 0 fully saturated rings. The van der Waals surface area contributed by atoms with Gasteiger partial charge in [-0.1, -0.05) is 17.7 Å². The number of pyridine rings is 1. The van der Waals surface area contributed by atoms with Gasteiger partial charge in [-0.3, -0.25) is 19.4 Å². The Morgan fingerprint density at radius 2 is 1.52 bits per heavy atom. The van der Waals surface area contributed by atoms with Crippen LogP contribution in [0.25, 0.3) is 11.0 Å². The number of amides is 3. The summed E-state index contributed by atoms with van der Waals surface area (Å²) in [5, 5.41) is 6.05. The van der Waals surface area contributed by atoms with Crippen LogP contribution in [0.2, 0.25) is 0 Å². The Labute approximate surface area is 190 Å². The number of nitrogens with zero attached hydrogens (tertiary/aromatic N) is 2. The molecule has 0 aliphatic rings. The number of hydrogen-bond acceptors (Lipinski definition) is 5. The number of carbonyl (C=O) groups is 3. The molecule has 8 heteroatoms. The quantitative estimate of drug-likeness (QED) is 0.478. The molecule has 0 bridgehead atoms. The number of furan rings is 1. The number of fused-ring (bicyclic) bond motifs is 1. The minimum absolute atomic E-state index is 0.0358. The van der Waals surface area contributed by atoms with Crippen LogP contribution in [0.15, 0.2) is 71.4 Å². The summed E-state index contributed by atoms with van der Waals surface area (Å²) in [5.74, 6) is -1.15. The lowest BCUT2D eigenvalue weighted by atomic mass is 10.1. The second kappa shape index (κ2) is 8.96. The molecule has 2 aromatic carbocycles. The first-order valence-corrected chi connectivity index (χ1v) is 10.2. The fourth-order valence-electron chi connectivity index (χ4n) is 3.26. The molecular formula is C25H22N4O4. The number of anilines is 2. The summed E-state index contributed by atoms with van der Waals surface area (Å²) in [6.45, 7) is 1.95. The van der Waals surface area contributed by atoms with Crippen molar-refractivity contribution in [2.75, 3.05) is 24.7 Å². The Balaban J connectivity index is 1.63. The molecule has 33 heavy (non-hydrogen) atoms. The van der Waals surface area contributed by atoms with Crippen LogP contribution in [0.4, 0.5) is 11.4 Å². The highest BCUT2D eigenvalue weighted by Gasteiger charge is 2.23. The van der Waals surface area contributed by atoms with Gasteiger partial charge >= 0.3 is 0 Å². The lowest BCUT2D eigenvalue weighted by Gasteiger charge is -2.11. The van der Waals surface area contributed by atoms with E-state index in [4.69, 9.17) is 4.42 Å². The average Bonchev–Trinajstić information content (AvgIpc) is 3.18. The zero-order chi connectivity index (χ0) is 23.5. The highest BCUT2D eigenvalue weighted by molar-refractivity contribution is 6.16. The standard InChI is InChI=1S/C25H22N4O4/c1-15-4-10-18(11-5-15)27-24(31)22-21(19-14-26-13-12-20(19)33-22)28-23(30)16-6-8-17(9-7-16)25(32)29(2)3/h4-14H,1-3H3,(H,27,31)(H,28,30). The third kappa shape index (κ3) is 4.59. The van der Waals surface area contributed by atoms with Gasteiger partial charge in [-0.05, 0) is 49.4 Å². The summed E-state index contributed by atoms with van der Waals surface area (Å²) in [7, 11) is 3.31. The van der Waals surface area contributed by atoms with Crippen molar-refractivity contribution < 1.29 is 18.8 Å². The molecule has 2 aromatic heterocycles. The molecule has 4 rings (SSSR count). The molecule has 2 N–H and O–H groups in total. The zero-order valence-corrected chi connectivity index (χ0v) is 18.4. The van der Waals surface area contributed by atoms with Crippen LogP contribution in [0.3, 0.4) is 0 Å². The van der Waals surface area contributed by atoms with E-state index in [0.717, 1.165) is 5.56 Å². The van der Waals surface area contributed by atoms with E-state index in [1.165, 1.54) is 11.1 Å². The first-order chi connectivity index (χ1) is 15.8. The maximum atomic E-state index is 13.0. The molecule has 166 valence electrons. The molecule has 2 heterocycles. The minimum Gasteiger partial charge on any atom is -0.448 e. The van der Waals surface area contributed by atoms with Crippen LogP contribution in [0, 0.1) is 6.92 Å². The molecule has 0 aliphatic heterocycles. The van der Waals surface area contributed by atoms with E-state index in [1.807, 2.05) is 19.1 Å². The third-order valence-electron chi connectivity index (χ3n) is 5.04. The van der Waals surface area contributed by atoms with E-state index < -0.39 is 11.8 Å². The largest absolute Gasteiger partial charge is 0.448 e. The number of hydrogen-bond donors (Lipinski definition) is 2. The van der Waals surface area contributed by atoms with Gasteiger partial charge in [0.1, 0.15) is 11.3 Å². The molecule has 8 nitrogen and oxygen atoms in total. The van der Waals surface area contributed by atoms with Crippen molar-refractivity contribution in [2.24, 2.45) is 0 Å². The van der Waals surface area contributed by atoms with Gasteiger partial charge in [-0.2, -0.15) is 0 Å². The molecule has 3 amide bonds. The van der Waals surface area contributed by atoms with Crippen molar-refractivity contribution in [3.8, 4) is 0 Å². The molecule has 4 aromatic rings. The van der Waals surface area contributed by atoms with Gasteiger partial charge in [0.25, 0.3) is 17.7 Å². The molecule has 0 saturated heterocycles. The maximum Gasteiger partial charge on any atom is 0.293 e. The number of aryl methyl sites for hydroxylation is 1. The number of carbonyl (C=O) groups excluding carboxylic acids is 3. The lowest BCUT2D eigenvalue weighted by molar-refractivity contribution is 0.0826. The fourth-order valence-corrected chi connectivity index (χ4v) is 3.26. The van der Waals surface area contributed by atoms with E-state index in [0.29, 0.717) is 27.8 Å². The maximum absolute atomic E-state index is 13.0. The van der Waals surface area contributed by atoms with Crippen LogP contribution >= 0.6 is 0 Å². The van der Waals surface area contributed by atoms with Gasteiger partial charge in [-0.15, -0.1) is 0 Å². The van der Waals surface area contributed by atoms with E-state index in [1.54, 1.807) is 62.8 Å². The van der Waals surface area contributed by atoms with E-state index >= 15 is 0 Å². The van der Waals surface area contributed by atoms with Gasteiger partial charge in [-0.25, -0.2) is 0 Å². The van der Waals surface area contributed by atoms with E-state index in [2.05, 4.69) is 15.6 Å². The summed E-state index contributed by atoms with van der Waals surface area (Å²) < 4.78 is 5.75. The van der Waals surface area contributed by atoms with E-state index in [9.17, 15) is 14.4 Å². The summed E-state index contributed by atoms with van der Waals surface area (Å²) in [5.41, 5.74) is 3.10. The Kier molecular flexibility index (Phi) is 5.91. The number of nitrogens with one attached hydrogen (secondary N) is 2. The van der Waals surface area contributed by atoms with Crippen LogP contribution < -0.4 is 10.6 Å². The predicted molar refractivity (Wildman–Crippen MR) is 126 cm³/mol. The summed E-state index contributed by atoms with van der Waals surface area (Å²) in [6, 6.07) is 15.2. The molecule has 0 saturated carbocycles. The van der Waals surface area contributed by atoms with Gasteiger partial charge in [0.2, 0.25) is 5.76 Å². The first kappa shape index (κ1) is 21.8. The van der Waals surface area contributed by atoms with Crippen LogP contribution in [-0.4, -0.2) is 41.7 Å². The van der Waals surface area contributed by atoms with Gasteiger partial charge in [0.05, 0.1) is 5.39 Å². The SMILES string of the molecule is Cc1ccc(NC(=O)c2oc3ccncc3c2NC(=O)c2ccc(C(=O)N(C)C)cc2)cc1. The Bertz CT molecular complexity index is 1340. The monoisotopic (exact) mass is 442 g/mol. The van der Waals surface area contributed by atoms with Gasteiger partial charge in [0, 0.05) is 43.3 Å². The molecule has 0 unspecified atom stereocenters. The second-order valence-electron chi connectivity index (χ2n) is 7.73. The molecule has 0 aliphatic carbocycles. The molecule has 0 atom stereocenters. The predicted octanol–water partition coefficient (Wildman–Crippen LogP) is 4.34. The van der Waals surface area contributed by atoms with Crippen molar-refractivity contribution in [1.82, 2.24) is 9.88 Å². The number of rotatable bonds is 5. The van der Waals surface area contributed by atoms with Crippen molar-refractivity contribution in [2.45, 2.75) is 6.92 Å². The normalized spacial score (nSPS) is 10.6. The van der Waals surface area contributed by atoms with Crippen molar-refractivity contribution >= 4 is 40.1 Å². The average molecular weight is 442 g/mol. The van der Waals surface area contributed by atoms with Gasteiger partial charge < -0.3 is 20.0 Å². The van der Waals surface area contributed by atoms with Crippen LogP contribution in [0.5, 0.6) is 0 Å². The number of aromatic nitrogens is 1. The first-order valence-electron chi connectivity index (χ1n) is 10.2. The Morgan fingerprint density at radius 1 is 0.848 bits per heavy atom. The summed E-state index contributed by atoms with van der Waals surface area (Å²) in [6.07, 6.45) is 3.07. The lowest BCUT2D eigenvalue weighted by Crippen LogP contribution is -2.22. The van der Waals surface area contributed by atoms with Crippen LogP contribution in [0.1, 0.15) is 36.8 Å². The van der Waals surface area contributed by atoms with Gasteiger partial charge in [0.15, 0.2) is 0 Å². The molecule has 0 radical (unpaired) electrons. The van der Waals surface area contributed by atoms with Crippen molar-refractivity contribution in [3.63, 3.8) is 0 Å². The van der Waals surface area contributed by atoms with E-state index in [-0.39, 0.29) is 17.4 Å². The van der Waals surface area contributed by atoms with Crippen LogP contribution in [-0.2, 0) is 0 Å². The highest BCUT2D eigenvalue weighted by atomic mass is 16.3. The smallest absolute Gasteiger partial charge is 0.293 e. The minimum atomic E-state index is -0.503. The fraction of sp³-hybridized carbons (Fsp3) is 0.120. The van der Waals surface area contributed by atoms with Crippen molar-refractivity contribution in [1.29, 1.82) is 0 Å². The third-order valence-corrected chi connectivity index (χ3v) is 5.04. The zero-order valence-electron chi connectivity index (χ0n) is 18.4. The Hall–Kier alpha value is -4.46.